The quantitative estimate of drug-likeness (QED) is 0.854. The van der Waals surface area contributed by atoms with E-state index in [2.05, 4.69) is 6.07 Å². The summed E-state index contributed by atoms with van der Waals surface area (Å²) in [5.74, 6) is -1.40. The molecule has 0 spiro atoms. The van der Waals surface area contributed by atoms with Crippen molar-refractivity contribution in [2.24, 2.45) is 0 Å². The van der Waals surface area contributed by atoms with Gasteiger partial charge < -0.3 is 5.11 Å². The van der Waals surface area contributed by atoms with Crippen LogP contribution in [0.5, 0.6) is 0 Å². The van der Waals surface area contributed by atoms with Gasteiger partial charge in [-0.15, -0.1) is 0 Å². The van der Waals surface area contributed by atoms with Gasteiger partial charge in [-0.3, -0.25) is 0 Å². The number of hydrogen-bond donors (Lipinski definition) is 1. The van der Waals surface area contributed by atoms with Crippen LogP contribution < -0.4 is 0 Å². The van der Waals surface area contributed by atoms with Crippen LogP contribution in [0.15, 0.2) is 36.4 Å². The summed E-state index contributed by atoms with van der Waals surface area (Å²) in [4.78, 5) is 11.3. The van der Waals surface area contributed by atoms with Crippen molar-refractivity contribution >= 4 is 5.97 Å². The highest BCUT2D eigenvalue weighted by Gasteiger charge is 2.23. The average molecular weight is 225 g/mol. The van der Waals surface area contributed by atoms with Crippen LogP contribution in [0.3, 0.4) is 0 Å². The normalized spacial score (nSPS) is 12.0. The van der Waals surface area contributed by atoms with Gasteiger partial charge in [0.15, 0.2) is 0 Å². The van der Waals surface area contributed by atoms with Crippen molar-refractivity contribution in [3.63, 3.8) is 0 Å². The fraction of sp³-hybridized carbons (Fsp3) is 0.143. The molecule has 1 atom stereocenters. The van der Waals surface area contributed by atoms with E-state index in [-0.39, 0.29) is 5.56 Å². The third kappa shape index (κ3) is 1.85. The van der Waals surface area contributed by atoms with Gasteiger partial charge in [0.1, 0.15) is 0 Å². The van der Waals surface area contributed by atoms with Crippen LogP contribution in [0.4, 0.5) is 0 Å². The van der Waals surface area contributed by atoms with E-state index in [1.807, 2.05) is 18.2 Å². The first-order chi connectivity index (χ1) is 8.15. The summed E-state index contributed by atoms with van der Waals surface area (Å²) in [6.45, 7) is 1.71. The van der Waals surface area contributed by atoms with E-state index in [1.54, 1.807) is 25.1 Å². The lowest BCUT2D eigenvalue weighted by atomic mass is 10.0. The zero-order valence-electron chi connectivity index (χ0n) is 9.34. The summed E-state index contributed by atoms with van der Waals surface area (Å²) in [6.07, 6.45) is 0. The van der Waals surface area contributed by atoms with Gasteiger partial charge in [0.25, 0.3) is 0 Å². The lowest BCUT2D eigenvalue weighted by Crippen LogP contribution is -2.01. The maximum atomic E-state index is 11.3. The number of fused-ring (bicyclic) bond motifs is 1. The Morgan fingerprint density at radius 1 is 1.35 bits per heavy atom. The molecular formula is C14H11NO2. The highest BCUT2D eigenvalue weighted by Crippen LogP contribution is 2.34. The van der Waals surface area contributed by atoms with Crippen molar-refractivity contribution in [2.45, 2.75) is 12.8 Å². The summed E-state index contributed by atoms with van der Waals surface area (Å²) in [5, 5.41) is 18.2. The Balaban J connectivity index is 2.77. The zero-order valence-corrected chi connectivity index (χ0v) is 9.34. The van der Waals surface area contributed by atoms with Gasteiger partial charge in [0.05, 0.1) is 17.6 Å². The number of rotatable bonds is 2. The molecule has 2 rings (SSSR count). The van der Waals surface area contributed by atoms with Crippen LogP contribution in [0.25, 0.3) is 11.1 Å². The van der Waals surface area contributed by atoms with Crippen molar-refractivity contribution < 1.29 is 9.90 Å². The third-order valence-electron chi connectivity index (χ3n) is 2.81. The highest BCUT2D eigenvalue weighted by molar-refractivity contribution is 6.00. The molecule has 3 heteroatoms. The van der Waals surface area contributed by atoms with Crippen LogP contribution in [-0.2, 0) is 0 Å². The topological polar surface area (TPSA) is 61.1 Å². The van der Waals surface area contributed by atoms with Gasteiger partial charge in [-0.05, 0) is 29.7 Å². The number of carbonyl (C=O) groups is 1. The van der Waals surface area contributed by atoms with E-state index in [0.29, 0.717) is 11.1 Å². The third-order valence-corrected chi connectivity index (χ3v) is 2.81. The molecule has 17 heavy (non-hydrogen) atoms. The molecule has 0 aromatic carbocycles. The summed E-state index contributed by atoms with van der Waals surface area (Å²) >= 11 is 0. The fourth-order valence-corrected chi connectivity index (χ4v) is 1.96. The molecule has 1 unspecified atom stereocenters. The standard InChI is InChI=1S/C14H11NO2/c1-9(8-15)12-7-10-5-3-2-4-6-11(10)13(12)14(16)17/h2-7,9H,1H3,(H,16,17). The first kappa shape index (κ1) is 11.2. The lowest BCUT2D eigenvalue weighted by molar-refractivity contribution is 0.0697. The smallest absolute Gasteiger partial charge is 0.336 e. The van der Waals surface area contributed by atoms with Crippen molar-refractivity contribution in [1.82, 2.24) is 0 Å². The molecule has 0 radical (unpaired) electrons. The Hall–Kier alpha value is -2.34. The minimum atomic E-state index is -0.983. The van der Waals surface area contributed by atoms with Crippen molar-refractivity contribution in [3.05, 3.63) is 47.5 Å². The molecule has 0 aromatic heterocycles. The molecule has 0 aliphatic heterocycles. The molecule has 3 nitrogen and oxygen atoms in total. The lowest BCUT2D eigenvalue weighted by Gasteiger charge is -2.02. The van der Waals surface area contributed by atoms with E-state index in [4.69, 9.17) is 5.26 Å². The number of carboxylic acid groups (broad SMARTS) is 1. The van der Waals surface area contributed by atoms with Gasteiger partial charge in [0.2, 0.25) is 0 Å². The number of nitrogens with zero attached hydrogens (tertiary/aromatic N) is 1. The van der Waals surface area contributed by atoms with Crippen molar-refractivity contribution in [1.29, 1.82) is 5.26 Å². The molecule has 0 amide bonds. The van der Waals surface area contributed by atoms with Crippen molar-refractivity contribution in [2.75, 3.05) is 0 Å². The minimum absolute atomic E-state index is 0.241. The van der Waals surface area contributed by atoms with Gasteiger partial charge in [-0.2, -0.15) is 5.26 Å². The van der Waals surface area contributed by atoms with Gasteiger partial charge >= 0.3 is 5.97 Å². The molecule has 0 saturated heterocycles. The van der Waals surface area contributed by atoms with E-state index in [0.717, 1.165) is 5.56 Å². The Morgan fingerprint density at radius 2 is 2.06 bits per heavy atom. The highest BCUT2D eigenvalue weighted by atomic mass is 16.4. The number of nitriles is 1. The SMILES string of the molecule is CC(C#N)c1cc2cccccc-2c1C(=O)O. The van der Waals surface area contributed by atoms with Gasteiger partial charge in [-0.1, -0.05) is 30.3 Å². The fourth-order valence-electron chi connectivity index (χ4n) is 1.96. The zero-order chi connectivity index (χ0) is 12.4. The van der Waals surface area contributed by atoms with E-state index in [9.17, 15) is 9.90 Å². The Bertz CT molecular complexity index is 583. The van der Waals surface area contributed by atoms with E-state index >= 15 is 0 Å². The first-order valence-corrected chi connectivity index (χ1v) is 5.29. The Morgan fingerprint density at radius 3 is 2.71 bits per heavy atom. The predicted molar refractivity (Wildman–Crippen MR) is 64.1 cm³/mol. The number of aromatic carboxylic acids is 1. The Labute approximate surface area is 99.3 Å². The second-order valence-electron chi connectivity index (χ2n) is 3.91. The van der Waals surface area contributed by atoms with E-state index in [1.165, 1.54) is 0 Å². The monoisotopic (exact) mass is 225 g/mol. The summed E-state index contributed by atoms with van der Waals surface area (Å²) in [6, 6.07) is 13.0. The Kier molecular flexibility index (Phi) is 2.80. The van der Waals surface area contributed by atoms with Gasteiger partial charge in [-0.25, -0.2) is 4.79 Å². The largest absolute Gasteiger partial charge is 0.478 e. The molecule has 2 aliphatic carbocycles. The minimum Gasteiger partial charge on any atom is -0.478 e. The summed E-state index contributed by atoms with van der Waals surface area (Å²) < 4.78 is 0. The van der Waals surface area contributed by atoms with Crippen LogP contribution in [0, 0.1) is 11.3 Å². The molecular weight excluding hydrogens is 214 g/mol. The molecule has 0 heterocycles. The summed E-state index contributed by atoms with van der Waals surface area (Å²) in [7, 11) is 0. The summed E-state index contributed by atoms with van der Waals surface area (Å²) in [5.41, 5.74) is 2.36. The molecule has 2 aliphatic rings. The van der Waals surface area contributed by atoms with E-state index < -0.39 is 11.9 Å². The van der Waals surface area contributed by atoms with Crippen LogP contribution >= 0.6 is 0 Å². The first-order valence-electron chi connectivity index (χ1n) is 5.29. The maximum Gasteiger partial charge on any atom is 0.336 e. The molecule has 0 bridgehead atoms. The molecule has 0 fully saturated rings. The van der Waals surface area contributed by atoms with Crippen LogP contribution in [0.2, 0.25) is 0 Å². The molecule has 0 aromatic rings. The van der Waals surface area contributed by atoms with Crippen LogP contribution in [-0.4, -0.2) is 11.1 Å². The van der Waals surface area contributed by atoms with Crippen LogP contribution in [0.1, 0.15) is 28.8 Å². The number of carboxylic acids is 1. The maximum absolute atomic E-state index is 11.3. The average Bonchev–Trinajstić information content (AvgIpc) is 2.52. The second-order valence-corrected chi connectivity index (χ2v) is 3.91. The van der Waals surface area contributed by atoms with Crippen molar-refractivity contribution in [3.8, 4) is 17.2 Å². The van der Waals surface area contributed by atoms with Gasteiger partial charge in [0, 0.05) is 0 Å². The molecule has 0 saturated carbocycles. The number of hydrogen-bond acceptors (Lipinski definition) is 2. The second kappa shape index (κ2) is 4.26. The molecule has 84 valence electrons. The molecule has 1 N–H and O–H groups in total. The predicted octanol–water partition coefficient (Wildman–Crippen LogP) is 3.12.